The maximum absolute atomic E-state index is 13.5. The van der Waals surface area contributed by atoms with E-state index in [1.54, 1.807) is 24.3 Å². The maximum atomic E-state index is 13.5. The van der Waals surface area contributed by atoms with Crippen molar-refractivity contribution < 1.29 is 24.6 Å². The van der Waals surface area contributed by atoms with Gasteiger partial charge in [0.2, 0.25) is 17.7 Å². The van der Waals surface area contributed by atoms with E-state index >= 15 is 0 Å². The van der Waals surface area contributed by atoms with Gasteiger partial charge < -0.3 is 26.6 Å². The van der Waals surface area contributed by atoms with Gasteiger partial charge in [0, 0.05) is 19.3 Å². The third kappa shape index (κ3) is 9.58. The van der Waals surface area contributed by atoms with Crippen molar-refractivity contribution in [1.29, 1.82) is 0 Å². The number of hydrogen-bond acceptors (Lipinski definition) is 5. The number of benzene rings is 3. The molecule has 0 fully saturated rings. The molecule has 206 valence electrons. The topological polar surface area (TPSA) is 142 Å². The van der Waals surface area contributed by atoms with E-state index in [1.807, 2.05) is 121 Å². The van der Waals surface area contributed by atoms with Crippen LogP contribution in [0.25, 0.3) is 0 Å². The first-order valence-corrected chi connectivity index (χ1v) is 16.0. The van der Waals surface area contributed by atoms with E-state index in [0.717, 1.165) is 16.7 Å². The van der Waals surface area contributed by atoms with Gasteiger partial charge in [0.05, 0.1) is 14.3 Å². The van der Waals surface area contributed by atoms with Crippen LogP contribution in [0.15, 0.2) is 54.6 Å². The quantitative estimate of drug-likeness (QED) is 0.182. The maximum Gasteiger partial charge on any atom is 0.243 e. The molecule has 0 aliphatic rings. The first-order valence-electron chi connectivity index (χ1n) is 11.7. The summed E-state index contributed by atoms with van der Waals surface area (Å²) in [6, 6.07) is 14.5. The van der Waals surface area contributed by atoms with Gasteiger partial charge in [0.25, 0.3) is 0 Å². The molecule has 3 aromatic carbocycles. The molecule has 0 aliphatic carbocycles. The van der Waals surface area contributed by atoms with Gasteiger partial charge >= 0.3 is 0 Å². The zero-order valence-corrected chi connectivity index (χ0v) is 29.0. The predicted octanol–water partition coefficient (Wildman–Crippen LogP) is 4.39. The number of amides is 3. The fraction of sp³-hybridized carbons (Fsp3) is 0.222. The van der Waals surface area contributed by atoms with Gasteiger partial charge in [-0.2, -0.15) is 0 Å². The Kier molecular flexibility index (Phi) is 12.3. The van der Waals surface area contributed by atoms with E-state index in [4.69, 9.17) is 5.73 Å². The van der Waals surface area contributed by atoms with Crippen LogP contribution in [0, 0.1) is 14.3 Å². The highest BCUT2D eigenvalue weighted by molar-refractivity contribution is 14.1. The lowest BCUT2D eigenvalue weighted by Gasteiger charge is -2.23. The molecular weight excluding hydrogens is 954 g/mol. The molecular formula is C27H25I4N3O5. The molecule has 0 aromatic heterocycles. The molecule has 0 unspecified atom stereocenters. The van der Waals surface area contributed by atoms with Gasteiger partial charge in [0.15, 0.2) is 0 Å². The average molecular weight is 979 g/mol. The van der Waals surface area contributed by atoms with Gasteiger partial charge in [-0.3, -0.25) is 14.4 Å². The number of nitrogens with two attached hydrogens (primary N) is 1. The molecule has 3 rings (SSSR count). The molecule has 39 heavy (non-hydrogen) atoms. The summed E-state index contributed by atoms with van der Waals surface area (Å²) in [6.45, 7) is 0. The van der Waals surface area contributed by atoms with E-state index in [2.05, 4.69) is 10.6 Å². The Morgan fingerprint density at radius 3 is 1.64 bits per heavy atom. The number of rotatable bonds is 11. The second kappa shape index (κ2) is 15.0. The lowest BCUT2D eigenvalue weighted by atomic mass is 10.0. The highest BCUT2D eigenvalue weighted by atomic mass is 127. The van der Waals surface area contributed by atoms with Gasteiger partial charge in [-0.05, 0) is 138 Å². The van der Waals surface area contributed by atoms with E-state index in [0.29, 0.717) is 20.7 Å². The monoisotopic (exact) mass is 979 g/mol. The zero-order chi connectivity index (χ0) is 28.7. The Labute approximate surface area is 280 Å². The highest BCUT2D eigenvalue weighted by Gasteiger charge is 2.27. The number of carbonyl (C=O) groups is 3. The minimum atomic E-state index is -1.03. The largest absolute Gasteiger partial charge is 0.506 e. The van der Waals surface area contributed by atoms with E-state index < -0.39 is 23.9 Å². The highest BCUT2D eigenvalue weighted by Crippen LogP contribution is 2.29. The Balaban J connectivity index is 1.80. The average Bonchev–Trinajstić information content (AvgIpc) is 2.88. The number of hydrogen-bond donors (Lipinski definition) is 5. The summed E-state index contributed by atoms with van der Waals surface area (Å²) in [5.41, 5.74) is 8.10. The smallest absolute Gasteiger partial charge is 0.243 e. The van der Waals surface area contributed by atoms with Crippen molar-refractivity contribution in [1.82, 2.24) is 10.6 Å². The second-order valence-electron chi connectivity index (χ2n) is 8.79. The van der Waals surface area contributed by atoms with Crippen molar-refractivity contribution in [3.63, 3.8) is 0 Å². The van der Waals surface area contributed by atoms with Crippen molar-refractivity contribution in [2.45, 2.75) is 37.8 Å². The van der Waals surface area contributed by atoms with Crippen molar-refractivity contribution >= 4 is 108 Å². The van der Waals surface area contributed by atoms with Crippen LogP contribution in [0.1, 0.15) is 23.1 Å². The first kappa shape index (κ1) is 32.1. The zero-order valence-electron chi connectivity index (χ0n) is 20.4. The molecule has 0 radical (unpaired) electrons. The summed E-state index contributed by atoms with van der Waals surface area (Å²) >= 11 is 8.01. The van der Waals surface area contributed by atoms with Gasteiger partial charge in [0.1, 0.15) is 23.6 Å². The lowest BCUT2D eigenvalue weighted by molar-refractivity contribution is -0.131. The van der Waals surface area contributed by atoms with Crippen LogP contribution in [-0.2, 0) is 33.6 Å². The molecule has 0 saturated carbocycles. The Morgan fingerprint density at radius 1 is 0.718 bits per heavy atom. The Morgan fingerprint density at radius 2 is 1.18 bits per heavy atom. The molecule has 0 aliphatic heterocycles. The van der Waals surface area contributed by atoms with Crippen molar-refractivity contribution in [2.75, 3.05) is 0 Å². The van der Waals surface area contributed by atoms with Gasteiger partial charge in [-0.25, -0.2) is 0 Å². The number of aryl methyl sites for hydroxylation is 1. The summed E-state index contributed by atoms with van der Waals surface area (Å²) in [5.74, 6) is -1.27. The number of aromatic hydroxyl groups is 2. The summed E-state index contributed by atoms with van der Waals surface area (Å²) in [6.07, 6.45) is 0.965. The molecule has 12 heteroatoms. The van der Waals surface area contributed by atoms with Gasteiger partial charge in [-0.1, -0.05) is 30.3 Å². The summed E-state index contributed by atoms with van der Waals surface area (Å²) in [7, 11) is 0. The van der Waals surface area contributed by atoms with Crippen molar-refractivity contribution in [2.24, 2.45) is 5.73 Å². The van der Waals surface area contributed by atoms with Crippen LogP contribution >= 0.6 is 90.4 Å². The lowest BCUT2D eigenvalue weighted by Crippen LogP contribution is -2.54. The molecule has 3 amide bonds. The van der Waals surface area contributed by atoms with Crippen molar-refractivity contribution in [3.05, 3.63) is 85.6 Å². The first-order chi connectivity index (χ1) is 18.4. The molecule has 3 aromatic rings. The standard InChI is InChI=1S/C27H25I4N3O5/c28-17-8-15(9-18(29)24(17)36)12-21(26(32)38)34-27(39)22(13-16-10-19(30)25(37)20(31)11-16)33-23(35)7-6-14-4-2-1-3-5-14/h1-5,8-11,21-22,36-37H,6-7,12-13H2,(H2,32,38)(H,33,35)(H,34,39)/t21-,22-/m0/s1. The number of nitrogens with one attached hydrogen (secondary N) is 2. The summed E-state index contributed by atoms with van der Waals surface area (Å²) < 4.78 is 2.47. The molecule has 0 heterocycles. The third-order valence-corrected chi connectivity index (χ3v) is 9.12. The molecule has 6 N–H and O–H groups in total. The molecule has 2 atom stereocenters. The SMILES string of the molecule is NC(=O)[C@H](Cc1cc(I)c(O)c(I)c1)NC(=O)[C@H](Cc1cc(I)c(O)c(I)c1)NC(=O)CCc1ccccc1. The molecule has 0 saturated heterocycles. The number of carbonyl (C=O) groups excluding carboxylic acids is 3. The van der Waals surface area contributed by atoms with Crippen LogP contribution < -0.4 is 16.4 Å². The van der Waals surface area contributed by atoms with Gasteiger partial charge in [-0.15, -0.1) is 0 Å². The van der Waals surface area contributed by atoms with Crippen LogP contribution in [0.3, 0.4) is 0 Å². The number of primary amides is 1. The normalized spacial score (nSPS) is 12.4. The van der Waals surface area contributed by atoms with Crippen LogP contribution in [0.4, 0.5) is 0 Å². The third-order valence-electron chi connectivity index (χ3n) is 5.83. The summed E-state index contributed by atoms with van der Waals surface area (Å²) in [5, 5.41) is 25.7. The number of phenolic OH excluding ortho intramolecular Hbond substituents is 2. The number of halogens is 4. The predicted molar refractivity (Wildman–Crippen MR) is 182 cm³/mol. The minimum absolute atomic E-state index is 0.122. The minimum Gasteiger partial charge on any atom is -0.506 e. The Bertz CT molecular complexity index is 1320. The number of phenols is 2. The van der Waals surface area contributed by atoms with E-state index in [9.17, 15) is 24.6 Å². The van der Waals surface area contributed by atoms with Crippen LogP contribution in [-0.4, -0.2) is 40.0 Å². The van der Waals surface area contributed by atoms with Crippen LogP contribution in [0.2, 0.25) is 0 Å². The fourth-order valence-corrected chi connectivity index (χ4v) is 7.61. The van der Waals surface area contributed by atoms with Crippen molar-refractivity contribution in [3.8, 4) is 11.5 Å². The van der Waals surface area contributed by atoms with E-state index in [-0.39, 0.29) is 36.7 Å². The fourth-order valence-electron chi connectivity index (χ4n) is 3.82. The summed E-state index contributed by atoms with van der Waals surface area (Å²) in [4.78, 5) is 38.6. The molecule has 0 bridgehead atoms. The molecule has 8 nitrogen and oxygen atoms in total. The molecule has 0 spiro atoms. The second-order valence-corrected chi connectivity index (χ2v) is 13.4. The van der Waals surface area contributed by atoms with Crippen LogP contribution in [0.5, 0.6) is 11.5 Å². The van der Waals surface area contributed by atoms with E-state index in [1.165, 1.54) is 0 Å². The Hall–Kier alpha value is -1.41.